The van der Waals surface area contributed by atoms with Gasteiger partial charge in [0.1, 0.15) is 0 Å². The molecule has 0 aromatic carbocycles. The van der Waals surface area contributed by atoms with Crippen LogP contribution in [0.2, 0.25) is 0 Å². The van der Waals surface area contributed by atoms with Gasteiger partial charge in [0, 0.05) is 19.6 Å². The summed E-state index contributed by atoms with van der Waals surface area (Å²) in [5.74, 6) is 3.72. The Balaban J connectivity index is 1.44. The zero-order valence-corrected chi connectivity index (χ0v) is 11.5. The SMILES string of the molecule is NC(=NC[C@@H]1C[C@H]1C1CCC1)N1CCCCCC1. The number of aliphatic imine (C=N–C) groups is 1. The van der Waals surface area contributed by atoms with Crippen LogP contribution in [0.4, 0.5) is 0 Å². The predicted octanol–water partition coefficient (Wildman–Crippen LogP) is 2.61. The van der Waals surface area contributed by atoms with E-state index < -0.39 is 0 Å². The summed E-state index contributed by atoms with van der Waals surface area (Å²) in [4.78, 5) is 6.96. The van der Waals surface area contributed by atoms with E-state index in [4.69, 9.17) is 5.73 Å². The Morgan fingerprint density at radius 3 is 2.39 bits per heavy atom. The maximum atomic E-state index is 6.14. The van der Waals surface area contributed by atoms with E-state index in [1.807, 2.05) is 0 Å². The van der Waals surface area contributed by atoms with Gasteiger partial charge in [0.2, 0.25) is 0 Å². The first kappa shape index (κ1) is 12.3. The fraction of sp³-hybridized carbons (Fsp3) is 0.933. The van der Waals surface area contributed by atoms with E-state index in [1.165, 1.54) is 51.4 Å². The number of guanidine groups is 1. The minimum atomic E-state index is 0.816. The molecule has 0 aromatic heterocycles. The predicted molar refractivity (Wildman–Crippen MR) is 75.5 cm³/mol. The standard InChI is InChI=1S/C15H27N3/c16-15(18-8-3-1-2-4-9-18)17-11-13-10-14(13)12-6-5-7-12/h12-14H,1-11H2,(H2,16,17)/t13-,14-/m0/s1. The van der Waals surface area contributed by atoms with Crippen molar-refractivity contribution in [3.8, 4) is 0 Å². The first-order valence-electron chi connectivity index (χ1n) is 7.89. The molecule has 3 aliphatic rings. The fourth-order valence-electron chi connectivity index (χ4n) is 3.54. The van der Waals surface area contributed by atoms with Gasteiger partial charge in [0.15, 0.2) is 5.96 Å². The van der Waals surface area contributed by atoms with Gasteiger partial charge in [0.25, 0.3) is 0 Å². The second-order valence-electron chi connectivity index (χ2n) is 6.45. The largest absolute Gasteiger partial charge is 0.370 e. The third kappa shape index (κ3) is 2.81. The number of nitrogens with two attached hydrogens (primary N) is 1. The molecule has 0 spiro atoms. The Labute approximate surface area is 111 Å². The second kappa shape index (κ2) is 5.50. The summed E-state index contributed by atoms with van der Waals surface area (Å²) in [5, 5.41) is 0. The molecule has 3 fully saturated rings. The van der Waals surface area contributed by atoms with Gasteiger partial charge in [0.05, 0.1) is 0 Å². The lowest BCUT2D eigenvalue weighted by Crippen LogP contribution is -2.38. The molecule has 3 rings (SSSR count). The third-order valence-corrected chi connectivity index (χ3v) is 5.15. The lowest BCUT2D eigenvalue weighted by Gasteiger charge is -2.25. The maximum Gasteiger partial charge on any atom is 0.191 e. The molecule has 0 unspecified atom stereocenters. The van der Waals surface area contributed by atoms with Crippen LogP contribution in [0.25, 0.3) is 0 Å². The van der Waals surface area contributed by atoms with Crippen LogP contribution in [0.5, 0.6) is 0 Å². The van der Waals surface area contributed by atoms with Gasteiger partial charge in [-0.1, -0.05) is 32.1 Å². The van der Waals surface area contributed by atoms with Crippen LogP contribution in [-0.4, -0.2) is 30.5 Å². The quantitative estimate of drug-likeness (QED) is 0.617. The van der Waals surface area contributed by atoms with Crippen molar-refractivity contribution in [2.45, 2.75) is 51.4 Å². The van der Waals surface area contributed by atoms with Crippen LogP contribution in [0.15, 0.2) is 4.99 Å². The number of rotatable bonds is 3. The van der Waals surface area contributed by atoms with Crippen LogP contribution >= 0.6 is 0 Å². The molecule has 2 atom stereocenters. The molecule has 102 valence electrons. The van der Waals surface area contributed by atoms with Crippen LogP contribution in [0, 0.1) is 17.8 Å². The number of nitrogens with zero attached hydrogens (tertiary/aromatic N) is 2. The molecule has 1 heterocycles. The molecular formula is C15H27N3. The summed E-state index contributed by atoms with van der Waals surface area (Å²) >= 11 is 0. The average Bonchev–Trinajstić information content (AvgIpc) is 3.06. The van der Waals surface area contributed by atoms with Gasteiger partial charge in [-0.25, -0.2) is 0 Å². The fourth-order valence-corrected chi connectivity index (χ4v) is 3.54. The van der Waals surface area contributed by atoms with E-state index in [9.17, 15) is 0 Å². The highest BCUT2D eigenvalue weighted by atomic mass is 15.2. The van der Waals surface area contributed by atoms with Crippen molar-refractivity contribution in [1.29, 1.82) is 0 Å². The van der Waals surface area contributed by atoms with Crippen molar-refractivity contribution in [3.63, 3.8) is 0 Å². The summed E-state index contributed by atoms with van der Waals surface area (Å²) in [6, 6.07) is 0. The van der Waals surface area contributed by atoms with E-state index in [1.54, 1.807) is 0 Å². The van der Waals surface area contributed by atoms with Crippen molar-refractivity contribution in [2.24, 2.45) is 28.5 Å². The molecule has 18 heavy (non-hydrogen) atoms. The first-order valence-corrected chi connectivity index (χ1v) is 7.89. The molecule has 1 saturated heterocycles. The monoisotopic (exact) mass is 249 g/mol. The smallest absolute Gasteiger partial charge is 0.191 e. The highest BCUT2D eigenvalue weighted by Gasteiger charge is 2.44. The number of likely N-dealkylation sites (tertiary alicyclic amines) is 1. The molecule has 2 saturated carbocycles. The highest BCUT2D eigenvalue weighted by molar-refractivity contribution is 5.78. The van der Waals surface area contributed by atoms with Crippen LogP contribution in [0.1, 0.15) is 51.4 Å². The third-order valence-electron chi connectivity index (χ3n) is 5.15. The summed E-state index contributed by atoms with van der Waals surface area (Å²) in [7, 11) is 0. The zero-order valence-electron chi connectivity index (χ0n) is 11.5. The summed E-state index contributed by atoms with van der Waals surface area (Å²) in [6.07, 6.45) is 11.1. The molecule has 3 heteroatoms. The van der Waals surface area contributed by atoms with Crippen molar-refractivity contribution in [3.05, 3.63) is 0 Å². The van der Waals surface area contributed by atoms with Gasteiger partial charge in [-0.05, 0) is 37.0 Å². The minimum Gasteiger partial charge on any atom is -0.370 e. The van der Waals surface area contributed by atoms with E-state index in [0.717, 1.165) is 43.3 Å². The highest BCUT2D eigenvalue weighted by Crippen LogP contribution is 2.51. The van der Waals surface area contributed by atoms with Crippen molar-refractivity contribution in [1.82, 2.24) is 4.90 Å². The molecule has 0 aromatic rings. The molecule has 0 radical (unpaired) electrons. The number of hydrogen-bond donors (Lipinski definition) is 1. The molecular weight excluding hydrogens is 222 g/mol. The van der Waals surface area contributed by atoms with Crippen LogP contribution < -0.4 is 5.73 Å². The molecule has 0 amide bonds. The first-order chi connectivity index (χ1) is 8.84. The maximum absolute atomic E-state index is 6.14. The van der Waals surface area contributed by atoms with Crippen molar-refractivity contribution < 1.29 is 0 Å². The lowest BCUT2D eigenvalue weighted by atomic mass is 9.81. The van der Waals surface area contributed by atoms with Gasteiger partial charge in [-0.3, -0.25) is 4.99 Å². The molecule has 3 nitrogen and oxygen atoms in total. The lowest BCUT2D eigenvalue weighted by molar-refractivity contribution is 0.266. The van der Waals surface area contributed by atoms with E-state index in [0.29, 0.717) is 0 Å². The Bertz CT molecular complexity index is 301. The number of hydrogen-bond acceptors (Lipinski definition) is 1. The van der Waals surface area contributed by atoms with Gasteiger partial charge >= 0.3 is 0 Å². The van der Waals surface area contributed by atoms with Crippen LogP contribution in [-0.2, 0) is 0 Å². The molecule has 0 bridgehead atoms. The normalized spacial score (nSPS) is 34.0. The molecule has 1 aliphatic heterocycles. The Morgan fingerprint density at radius 2 is 1.78 bits per heavy atom. The summed E-state index contributed by atoms with van der Waals surface area (Å²) in [5.41, 5.74) is 6.14. The van der Waals surface area contributed by atoms with Gasteiger partial charge in [-0.15, -0.1) is 0 Å². The summed E-state index contributed by atoms with van der Waals surface area (Å²) < 4.78 is 0. The molecule has 2 aliphatic carbocycles. The van der Waals surface area contributed by atoms with E-state index in [-0.39, 0.29) is 0 Å². The van der Waals surface area contributed by atoms with Crippen molar-refractivity contribution in [2.75, 3.05) is 19.6 Å². The molecule has 2 N–H and O–H groups in total. The topological polar surface area (TPSA) is 41.6 Å². The summed E-state index contributed by atoms with van der Waals surface area (Å²) in [6.45, 7) is 3.22. The Kier molecular flexibility index (Phi) is 3.76. The zero-order chi connectivity index (χ0) is 12.4. The Morgan fingerprint density at radius 1 is 1.06 bits per heavy atom. The van der Waals surface area contributed by atoms with E-state index >= 15 is 0 Å². The van der Waals surface area contributed by atoms with Crippen LogP contribution in [0.3, 0.4) is 0 Å². The average molecular weight is 249 g/mol. The second-order valence-corrected chi connectivity index (χ2v) is 6.45. The van der Waals surface area contributed by atoms with Gasteiger partial charge < -0.3 is 10.6 Å². The van der Waals surface area contributed by atoms with E-state index in [2.05, 4.69) is 9.89 Å². The van der Waals surface area contributed by atoms with Crippen molar-refractivity contribution >= 4 is 5.96 Å². The minimum absolute atomic E-state index is 0.816. The van der Waals surface area contributed by atoms with Gasteiger partial charge in [-0.2, -0.15) is 0 Å². The Hall–Kier alpha value is -0.730.